The fourth-order valence-corrected chi connectivity index (χ4v) is 2.73. The van der Waals surface area contributed by atoms with Gasteiger partial charge in [-0.25, -0.2) is 0 Å². The fourth-order valence-electron chi connectivity index (χ4n) is 1.67. The molecule has 0 bridgehead atoms. The van der Waals surface area contributed by atoms with Crippen molar-refractivity contribution in [3.05, 3.63) is 33.3 Å². The Labute approximate surface area is 88.5 Å². The van der Waals surface area contributed by atoms with Crippen LogP contribution in [0.5, 0.6) is 0 Å². The average molecular weight is 242 g/mol. The molecule has 2 heteroatoms. The maximum Gasteiger partial charge on any atom is 0.0215 e. The second kappa shape index (κ2) is 4.25. The molecule has 0 spiro atoms. The van der Waals surface area contributed by atoms with Crippen LogP contribution < -0.4 is 5.73 Å². The molecular weight excluding hydrogens is 226 g/mol. The van der Waals surface area contributed by atoms with Gasteiger partial charge in [0.2, 0.25) is 0 Å². The first-order valence-electron chi connectivity index (χ1n) is 4.53. The molecule has 0 heterocycles. The van der Waals surface area contributed by atoms with Crippen LogP contribution >= 0.6 is 15.9 Å². The maximum atomic E-state index is 5.66. The number of nitrogens with two attached hydrogens (primary N) is 1. The summed E-state index contributed by atoms with van der Waals surface area (Å²) in [5.74, 6) is 0.426. The zero-order valence-corrected chi connectivity index (χ0v) is 9.98. The number of hydrogen-bond donors (Lipinski definition) is 1. The molecule has 0 aliphatic carbocycles. The third-order valence-corrected chi connectivity index (χ3v) is 2.98. The van der Waals surface area contributed by atoms with Gasteiger partial charge in [-0.05, 0) is 49.1 Å². The van der Waals surface area contributed by atoms with Crippen molar-refractivity contribution in [1.29, 1.82) is 0 Å². The van der Waals surface area contributed by atoms with E-state index in [9.17, 15) is 0 Å². The Morgan fingerprint density at radius 3 is 2.46 bits per heavy atom. The molecule has 0 aliphatic heterocycles. The first-order chi connectivity index (χ1) is 6.06. The highest BCUT2D eigenvalue weighted by atomic mass is 79.9. The summed E-state index contributed by atoms with van der Waals surface area (Å²) < 4.78 is 1.18. The summed E-state index contributed by atoms with van der Waals surface area (Å²) >= 11 is 3.58. The highest BCUT2D eigenvalue weighted by Gasteiger charge is 2.10. The van der Waals surface area contributed by atoms with Crippen LogP contribution in [-0.2, 0) is 0 Å². The maximum absolute atomic E-state index is 5.66. The van der Waals surface area contributed by atoms with E-state index in [1.165, 1.54) is 21.2 Å². The van der Waals surface area contributed by atoms with E-state index < -0.39 is 0 Å². The van der Waals surface area contributed by atoms with Gasteiger partial charge in [0.05, 0.1) is 0 Å². The van der Waals surface area contributed by atoms with Crippen LogP contribution in [0.3, 0.4) is 0 Å². The Morgan fingerprint density at radius 1 is 1.38 bits per heavy atom. The largest absolute Gasteiger partial charge is 0.330 e. The van der Waals surface area contributed by atoms with E-state index in [0.717, 1.165) is 0 Å². The summed E-state index contributed by atoms with van der Waals surface area (Å²) in [6.45, 7) is 7.10. The Bertz CT molecular complexity index is 284. The van der Waals surface area contributed by atoms with Crippen LogP contribution in [0.2, 0.25) is 0 Å². The van der Waals surface area contributed by atoms with Crippen LogP contribution in [0.1, 0.15) is 29.5 Å². The molecule has 0 saturated heterocycles. The van der Waals surface area contributed by atoms with Gasteiger partial charge in [0.15, 0.2) is 0 Å². The topological polar surface area (TPSA) is 26.0 Å². The van der Waals surface area contributed by atoms with Crippen molar-refractivity contribution in [3.8, 4) is 0 Å². The first kappa shape index (κ1) is 10.7. The Balaban J connectivity index is 3.20. The van der Waals surface area contributed by atoms with Crippen molar-refractivity contribution >= 4 is 15.9 Å². The molecule has 13 heavy (non-hydrogen) atoms. The lowest BCUT2D eigenvalue weighted by molar-refractivity contribution is 0.763. The Hall–Kier alpha value is -0.340. The fraction of sp³-hybridized carbons (Fsp3) is 0.455. The predicted molar refractivity (Wildman–Crippen MR) is 61.1 cm³/mol. The predicted octanol–water partition coefficient (Wildman–Crippen LogP) is 3.13. The van der Waals surface area contributed by atoms with Gasteiger partial charge in [-0.2, -0.15) is 0 Å². The number of aryl methyl sites for hydroxylation is 2. The van der Waals surface area contributed by atoms with E-state index in [4.69, 9.17) is 5.73 Å². The number of benzene rings is 1. The van der Waals surface area contributed by atoms with Gasteiger partial charge < -0.3 is 5.73 Å². The van der Waals surface area contributed by atoms with Gasteiger partial charge in [-0.3, -0.25) is 0 Å². The Morgan fingerprint density at radius 2 is 2.00 bits per heavy atom. The van der Waals surface area contributed by atoms with Crippen LogP contribution in [0.4, 0.5) is 0 Å². The zero-order valence-electron chi connectivity index (χ0n) is 8.39. The monoisotopic (exact) mass is 241 g/mol. The normalized spacial score (nSPS) is 13.0. The number of rotatable bonds is 2. The van der Waals surface area contributed by atoms with E-state index >= 15 is 0 Å². The summed E-state index contributed by atoms with van der Waals surface area (Å²) in [7, 11) is 0. The van der Waals surface area contributed by atoms with Gasteiger partial charge in [-0.1, -0.05) is 28.9 Å². The van der Waals surface area contributed by atoms with E-state index in [1.807, 2.05) is 0 Å². The standard InChI is InChI=1S/C11H16BrN/c1-7-4-8(2)11(9(3)6-13)10(12)5-7/h4-5,9H,6,13H2,1-3H3. The molecule has 0 amide bonds. The molecule has 1 atom stereocenters. The molecular formula is C11H16BrN. The second-order valence-electron chi connectivity index (χ2n) is 3.61. The van der Waals surface area contributed by atoms with Crippen molar-refractivity contribution in [3.63, 3.8) is 0 Å². The summed E-state index contributed by atoms with van der Waals surface area (Å²) in [6.07, 6.45) is 0. The first-order valence-corrected chi connectivity index (χ1v) is 5.32. The van der Waals surface area contributed by atoms with Crippen LogP contribution in [-0.4, -0.2) is 6.54 Å². The molecule has 0 aliphatic rings. The molecule has 1 aromatic carbocycles. The summed E-state index contributed by atoms with van der Waals surface area (Å²) in [5, 5.41) is 0. The molecule has 1 nitrogen and oxygen atoms in total. The van der Waals surface area contributed by atoms with E-state index in [-0.39, 0.29) is 0 Å². The van der Waals surface area contributed by atoms with Crippen LogP contribution in [0.25, 0.3) is 0 Å². The smallest absolute Gasteiger partial charge is 0.0215 e. The molecule has 1 aromatic rings. The Kier molecular flexibility index (Phi) is 3.51. The average Bonchev–Trinajstić information content (AvgIpc) is 2.02. The SMILES string of the molecule is Cc1cc(C)c(C(C)CN)c(Br)c1. The zero-order chi connectivity index (χ0) is 10.0. The van der Waals surface area contributed by atoms with Crippen molar-refractivity contribution in [2.75, 3.05) is 6.54 Å². The summed E-state index contributed by atoms with van der Waals surface area (Å²) in [4.78, 5) is 0. The van der Waals surface area contributed by atoms with Gasteiger partial charge in [0.25, 0.3) is 0 Å². The number of hydrogen-bond acceptors (Lipinski definition) is 1. The molecule has 1 rings (SSSR count). The van der Waals surface area contributed by atoms with Gasteiger partial charge in [0, 0.05) is 4.47 Å². The molecule has 0 saturated carbocycles. The van der Waals surface area contributed by atoms with Crippen molar-refractivity contribution in [1.82, 2.24) is 0 Å². The minimum Gasteiger partial charge on any atom is -0.330 e. The van der Waals surface area contributed by atoms with E-state index in [2.05, 4.69) is 48.8 Å². The molecule has 1 unspecified atom stereocenters. The number of halogens is 1. The highest BCUT2D eigenvalue weighted by Crippen LogP contribution is 2.28. The summed E-state index contributed by atoms with van der Waals surface area (Å²) in [6, 6.07) is 4.35. The lowest BCUT2D eigenvalue weighted by Crippen LogP contribution is -2.11. The minimum atomic E-state index is 0.426. The van der Waals surface area contributed by atoms with Gasteiger partial charge in [0.1, 0.15) is 0 Å². The van der Waals surface area contributed by atoms with Crippen molar-refractivity contribution in [2.45, 2.75) is 26.7 Å². The van der Waals surface area contributed by atoms with Gasteiger partial charge in [-0.15, -0.1) is 0 Å². The third-order valence-electron chi connectivity index (χ3n) is 2.33. The molecule has 2 N–H and O–H groups in total. The molecule has 0 radical (unpaired) electrons. The quantitative estimate of drug-likeness (QED) is 0.847. The third kappa shape index (κ3) is 2.32. The lowest BCUT2D eigenvalue weighted by atomic mass is 9.95. The van der Waals surface area contributed by atoms with Crippen molar-refractivity contribution in [2.24, 2.45) is 5.73 Å². The second-order valence-corrected chi connectivity index (χ2v) is 4.47. The highest BCUT2D eigenvalue weighted by molar-refractivity contribution is 9.10. The summed E-state index contributed by atoms with van der Waals surface area (Å²) in [5.41, 5.74) is 9.61. The van der Waals surface area contributed by atoms with E-state index in [0.29, 0.717) is 12.5 Å². The van der Waals surface area contributed by atoms with Crippen LogP contribution in [0.15, 0.2) is 16.6 Å². The van der Waals surface area contributed by atoms with Crippen LogP contribution in [0, 0.1) is 13.8 Å². The molecule has 72 valence electrons. The van der Waals surface area contributed by atoms with Gasteiger partial charge >= 0.3 is 0 Å². The minimum absolute atomic E-state index is 0.426. The molecule has 0 fully saturated rings. The molecule has 0 aromatic heterocycles. The van der Waals surface area contributed by atoms with Crippen molar-refractivity contribution < 1.29 is 0 Å². The lowest BCUT2D eigenvalue weighted by Gasteiger charge is -2.15. The van der Waals surface area contributed by atoms with E-state index in [1.54, 1.807) is 0 Å².